The Morgan fingerprint density at radius 2 is 1.74 bits per heavy atom. The fourth-order valence-electron chi connectivity index (χ4n) is 4.08. The third-order valence-corrected chi connectivity index (χ3v) is 5.93. The molecule has 2 aromatic heterocycles. The predicted molar refractivity (Wildman–Crippen MR) is 140 cm³/mol. The molecule has 190 valence electrons. The van der Waals surface area contributed by atoms with Crippen molar-refractivity contribution in [3.05, 3.63) is 125 Å². The van der Waals surface area contributed by atoms with Gasteiger partial charge in [-0.15, -0.1) is 0 Å². The van der Waals surface area contributed by atoms with E-state index in [-0.39, 0.29) is 29.5 Å². The van der Waals surface area contributed by atoms with Crippen LogP contribution >= 0.6 is 0 Å². The van der Waals surface area contributed by atoms with Crippen LogP contribution in [0.1, 0.15) is 37.6 Å². The average Bonchev–Trinajstić information content (AvgIpc) is 3.49. The number of halogens is 1. The summed E-state index contributed by atoms with van der Waals surface area (Å²) in [7, 11) is 1.27. The number of amides is 1. The van der Waals surface area contributed by atoms with Gasteiger partial charge in [-0.2, -0.15) is 0 Å². The molecule has 0 radical (unpaired) electrons. The van der Waals surface area contributed by atoms with Crippen molar-refractivity contribution in [3.8, 4) is 5.75 Å². The summed E-state index contributed by atoms with van der Waals surface area (Å²) in [5, 5.41) is 3.38. The van der Waals surface area contributed by atoms with Crippen LogP contribution in [0.15, 0.2) is 95.7 Å². The molecule has 0 aliphatic rings. The second-order valence-electron chi connectivity index (χ2n) is 8.54. The first kappa shape index (κ1) is 24.7. The summed E-state index contributed by atoms with van der Waals surface area (Å²) in [6, 6.07) is 22.2. The van der Waals surface area contributed by atoms with Gasteiger partial charge in [0.1, 0.15) is 23.5 Å². The number of hydrogen-bond donors (Lipinski definition) is 1. The zero-order chi connectivity index (χ0) is 26.5. The van der Waals surface area contributed by atoms with Gasteiger partial charge in [0.25, 0.3) is 5.91 Å². The van der Waals surface area contributed by atoms with Crippen molar-refractivity contribution in [2.24, 2.45) is 0 Å². The summed E-state index contributed by atoms with van der Waals surface area (Å²) in [5.41, 5.74) is 3.44. The molecule has 0 bridgehead atoms. The van der Waals surface area contributed by atoms with E-state index in [0.29, 0.717) is 23.0 Å². The number of aromatic nitrogens is 1. The van der Waals surface area contributed by atoms with Crippen LogP contribution in [0, 0.1) is 5.82 Å². The minimum Gasteiger partial charge on any atom is -0.486 e. The van der Waals surface area contributed by atoms with E-state index in [1.165, 1.54) is 37.6 Å². The summed E-state index contributed by atoms with van der Waals surface area (Å²) < 4.78 is 29.8. The maximum Gasteiger partial charge on any atom is 0.341 e. The van der Waals surface area contributed by atoms with Crippen molar-refractivity contribution < 1.29 is 27.9 Å². The first-order chi connectivity index (χ1) is 18.5. The normalized spacial score (nSPS) is 10.8. The van der Waals surface area contributed by atoms with Gasteiger partial charge in [-0.3, -0.25) is 9.78 Å². The van der Waals surface area contributed by atoms with Crippen molar-refractivity contribution in [1.82, 2.24) is 4.98 Å². The number of pyridine rings is 1. The highest BCUT2D eigenvalue weighted by Crippen LogP contribution is 2.36. The molecule has 8 heteroatoms. The third kappa shape index (κ3) is 5.39. The van der Waals surface area contributed by atoms with E-state index in [9.17, 15) is 14.0 Å². The summed E-state index contributed by atoms with van der Waals surface area (Å²) in [5.74, 6) is -1.10. The molecule has 1 N–H and O–H groups in total. The van der Waals surface area contributed by atoms with Crippen LogP contribution < -0.4 is 10.1 Å². The third-order valence-electron chi connectivity index (χ3n) is 5.93. The van der Waals surface area contributed by atoms with Gasteiger partial charge < -0.3 is 19.2 Å². The molecule has 3 aromatic carbocycles. The van der Waals surface area contributed by atoms with Gasteiger partial charge in [0.15, 0.2) is 11.5 Å². The van der Waals surface area contributed by atoms with Crippen LogP contribution in [0.4, 0.5) is 10.1 Å². The van der Waals surface area contributed by atoms with Crippen molar-refractivity contribution in [3.63, 3.8) is 0 Å². The standard InChI is InChI=1S/C30H23FN2O5/c1-36-30(35)24-16-25(33-29(34)26-8-5-13-37-26)23-15-21(14-19-9-11-22(31)12-10-19)17-32-27(23)28(24)38-18-20-6-3-2-4-7-20/h2-13,15-17H,14,18H2,1H3,(H,33,34). The van der Waals surface area contributed by atoms with E-state index < -0.39 is 11.9 Å². The summed E-state index contributed by atoms with van der Waals surface area (Å²) in [6.07, 6.45) is 3.55. The smallest absolute Gasteiger partial charge is 0.341 e. The highest BCUT2D eigenvalue weighted by Gasteiger charge is 2.23. The zero-order valence-electron chi connectivity index (χ0n) is 20.4. The quantitative estimate of drug-likeness (QED) is 0.251. The van der Waals surface area contributed by atoms with Gasteiger partial charge in [-0.1, -0.05) is 42.5 Å². The number of esters is 1. The maximum absolute atomic E-state index is 13.4. The zero-order valence-corrected chi connectivity index (χ0v) is 20.4. The fraction of sp³-hybridized carbons (Fsp3) is 0.100. The Kier molecular flexibility index (Phi) is 7.13. The lowest BCUT2D eigenvalue weighted by molar-refractivity contribution is 0.0595. The van der Waals surface area contributed by atoms with Crippen molar-refractivity contribution in [1.29, 1.82) is 0 Å². The number of carbonyl (C=O) groups excluding carboxylic acids is 2. The van der Waals surface area contributed by atoms with E-state index in [4.69, 9.17) is 13.9 Å². The van der Waals surface area contributed by atoms with E-state index >= 15 is 0 Å². The second-order valence-corrected chi connectivity index (χ2v) is 8.54. The molecule has 2 heterocycles. The number of furan rings is 1. The molecule has 0 atom stereocenters. The van der Waals surface area contributed by atoms with Crippen molar-refractivity contribution >= 4 is 28.5 Å². The maximum atomic E-state index is 13.4. The van der Waals surface area contributed by atoms with Crippen LogP contribution in [0.5, 0.6) is 5.75 Å². The van der Waals surface area contributed by atoms with Gasteiger partial charge in [0.05, 0.1) is 19.1 Å². The predicted octanol–water partition coefficient (Wildman–Crippen LogP) is 6.18. The topological polar surface area (TPSA) is 90.7 Å². The SMILES string of the molecule is COC(=O)c1cc(NC(=O)c2ccco2)c2cc(Cc3ccc(F)cc3)cnc2c1OCc1ccccc1. The summed E-state index contributed by atoms with van der Waals surface area (Å²) in [6.45, 7) is 0.192. The summed E-state index contributed by atoms with van der Waals surface area (Å²) >= 11 is 0. The van der Waals surface area contributed by atoms with E-state index in [0.717, 1.165) is 16.7 Å². The minimum absolute atomic E-state index is 0.109. The number of rotatable bonds is 8. The number of nitrogens with one attached hydrogen (secondary N) is 1. The lowest BCUT2D eigenvalue weighted by Gasteiger charge is -2.17. The molecule has 0 saturated carbocycles. The average molecular weight is 511 g/mol. The molecule has 0 unspecified atom stereocenters. The molecule has 0 aliphatic heterocycles. The number of carbonyl (C=O) groups is 2. The van der Waals surface area contributed by atoms with E-state index in [2.05, 4.69) is 10.3 Å². The first-order valence-corrected chi connectivity index (χ1v) is 11.8. The molecule has 0 spiro atoms. The minimum atomic E-state index is -0.638. The Morgan fingerprint density at radius 3 is 2.45 bits per heavy atom. The Balaban J connectivity index is 1.61. The van der Waals surface area contributed by atoms with Crippen LogP contribution in [-0.4, -0.2) is 24.0 Å². The molecule has 5 rings (SSSR count). The van der Waals surface area contributed by atoms with Crippen molar-refractivity contribution in [2.45, 2.75) is 13.0 Å². The monoisotopic (exact) mass is 510 g/mol. The lowest BCUT2D eigenvalue weighted by atomic mass is 10.0. The highest BCUT2D eigenvalue weighted by atomic mass is 19.1. The lowest BCUT2D eigenvalue weighted by Crippen LogP contribution is -2.14. The molecule has 5 aromatic rings. The molecule has 0 fully saturated rings. The highest BCUT2D eigenvalue weighted by molar-refractivity contribution is 6.11. The number of benzene rings is 3. The Hall–Kier alpha value is -4.98. The molecule has 38 heavy (non-hydrogen) atoms. The van der Waals surface area contributed by atoms with Crippen LogP contribution in [0.25, 0.3) is 10.9 Å². The van der Waals surface area contributed by atoms with Gasteiger partial charge in [-0.05, 0) is 59.5 Å². The van der Waals surface area contributed by atoms with Crippen LogP contribution in [0.3, 0.4) is 0 Å². The molecule has 7 nitrogen and oxygen atoms in total. The van der Waals surface area contributed by atoms with Crippen LogP contribution in [0.2, 0.25) is 0 Å². The number of anilines is 1. The largest absolute Gasteiger partial charge is 0.486 e. The summed E-state index contributed by atoms with van der Waals surface area (Å²) in [4.78, 5) is 30.3. The fourth-order valence-corrected chi connectivity index (χ4v) is 4.08. The molecular formula is C30H23FN2O5. The van der Waals surface area contributed by atoms with Crippen molar-refractivity contribution in [2.75, 3.05) is 12.4 Å². The number of fused-ring (bicyclic) bond motifs is 1. The Morgan fingerprint density at radius 1 is 0.947 bits per heavy atom. The van der Waals surface area contributed by atoms with Gasteiger partial charge in [0, 0.05) is 11.6 Å². The van der Waals surface area contributed by atoms with Gasteiger partial charge >= 0.3 is 5.97 Å². The molecular weight excluding hydrogens is 487 g/mol. The van der Waals surface area contributed by atoms with Crippen LogP contribution in [-0.2, 0) is 17.8 Å². The number of hydrogen-bond acceptors (Lipinski definition) is 6. The van der Waals surface area contributed by atoms with Gasteiger partial charge in [-0.25, -0.2) is 9.18 Å². The second kappa shape index (κ2) is 11.0. The van der Waals surface area contributed by atoms with E-state index in [1.54, 1.807) is 24.4 Å². The molecule has 0 aliphatic carbocycles. The van der Waals surface area contributed by atoms with E-state index in [1.807, 2.05) is 36.4 Å². The number of nitrogens with zero attached hydrogens (tertiary/aromatic N) is 1. The molecule has 0 saturated heterocycles. The molecule has 1 amide bonds. The number of methoxy groups -OCH3 is 1. The Bertz CT molecular complexity index is 1580. The van der Waals surface area contributed by atoms with Gasteiger partial charge in [0.2, 0.25) is 0 Å². The number of ether oxygens (including phenoxy) is 2. The Labute approximate surface area is 217 Å². The first-order valence-electron chi connectivity index (χ1n) is 11.8.